The van der Waals surface area contributed by atoms with E-state index in [9.17, 15) is 0 Å². The van der Waals surface area contributed by atoms with Crippen LogP contribution in [0.5, 0.6) is 0 Å². The second kappa shape index (κ2) is 6.57. The number of morpholine rings is 1. The summed E-state index contributed by atoms with van der Waals surface area (Å²) in [5.41, 5.74) is 5.33. The Morgan fingerprint density at radius 3 is 2.61 bits per heavy atom. The van der Waals surface area contributed by atoms with Crippen molar-refractivity contribution in [3.63, 3.8) is 0 Å². The van der Waals surface area contributed by atoms with Crippen molar-refractivity contribution in [2.24, 2.45) is 0 Å². The van der Waals surface area contributed by atoms with Crippen LogP contribution in [0.25, 0.3) is 17.2 Å². The van der Waals surface area contributed by atoms with Gasteiger partial charge in [-0.25, -0.2) is 0 Å². The fraction of sp³-hybridized carbons (Fsp3) is 0.300. The van der Waals surface area contributed by atoms with Crippen LogP contribution >= 0.6 is 0 Å². The summed E-state index contributed by atoms with van der Waals surface area (Å²) >= 11 is 0. The highest BCUT2D eigenvalue weighted by atomic mass is 16.5. The smallest absolute Gasteiger partial charge is 0.127 e. The molecule has 4 rings (SSSR count). The molecular formula is C20H21NO2. The Morgan fingerprint density at radius 2 is 1.83 bits per heavy atom. The maximum absolute atomic E-state index is 5.47. The minimum atomic E-state index is 0.860. The predicted octanol–water partition coefficient (Wildman–Crippen LogP) is 3.94. The highest BCUT2D eigenvalue weighted by molar-refractivity contribution is 6.01. The number of rotatable bonds is 4. The molecule has 3 nitrogen and oxygen atoms in total. The zero-order chi connectivity index (χ0) is 15.5. The number of benzene rings is 1. The lowest BCUT2D eigenvalue weighted by molar-refractivity contribution is 0.0390. The average Bonchev–Trinajstić information content (AvgIpc) is 3.23. The van der Waals surface area contributed by atoms with Gasteiger partial charge in [-0.2, -0.15) is 0 Å². The average molecular weight is 307 g/mol. The Hall–Kier alpha value is -2.10. The van der Waals surface area contributed by atoms with Crippen molar-refractivity contribution in [3.8, 4) is 0 Å². The van der Waals surface area contributed by atoms with E-state index in [1.54, 1.807) is 6.26 Å². The van der Waals surface area contributed by atoms with Crippen LogP contribution in [0.15, 0.2) is 53.2 Å². The fourth-order valence-corrected chi connectivity index (χ4v) is 3.31. The topological polar surface area (TPSA) is 25.6 Å². The van der Waals surface area contributed by atoms with E-state index in [1.807, 2.05) is 12.1 Å². The van der Waals surface area contributed by atoms with E-state index in [0.717, 1.165) is 45.0 Å². The molecule has 2 aliphatic rings. The van der Waals surface area contributed by atoms with Crippen molar-refractivity contribution in [1.82, 2.24) is 4.90 Å². The Labute approximate surface area is 136 Å². The summed E-state index contributed by atoms with van der Waals surface area (Å²) in [5, 5.41) is 0. The molecule has 1 aromatic heterocycles. The summed E-state index contributed by atoms with van der Waals surface area (Å²) in [6.07, 6.45) is 7.23. The minimum Gasteiger partial charge on any atom is -0.465 e. The lowest BCUT2D eigenvalue weighted by Crippen LogP contribution is -2.36. The van der Waals surface area contributed by atoms with Gasteiger partial charge in [-0.05, 0) is 46.9 Å². The molecule has 0 unspecified atom stereocenters. The van der Waals surface area contributed by atoms with Crippen LogP contribution in [0.1, 0.15) is 23.3 Å². The SMILES string of the molecule is C(=C1C=C(CCN2CCOCC2)c2ccccc21)c1ccco1. The number of hydrogen-bond acceptors (Lipinski definition) is 3. The largest absolute Gasteiger partial charge is 0.465 e. The van der Waals surface area contributed by atoms with Crippen molar-refractivity contribution in [3.05, 3.63) is 65.6 Å². The summed E-state index contributed by atoms with van der Waals surface area (Å²) in [6, 6.07) is 12.6. The molecule has 23 heavy (non-hydrogen) atoms. The van der Waals surface area contributed by atoms with Crippen molar-refractivity contribution < 1.29 is 9.15 Å². The molecule has 118 valence electrons. The Morgan fingerprint density at radius 1 is 1.00 bits per heavy atom. The van der Waals surface area contributed by atoms with Crippen LogP contribution in [-0.2, 0) is 4.74 Å². The molecule has 0 amide bonds. The van der Waals surface area contributed by atoms with Gasteiger partial charge in [0.2, 0.25) is 0 Å². The fourth-order valence-electron chi connectivity index (χ4n) is 3.31. The highest BCUT2D eigenvalue weighted by Gasteiger charge is 2.19. The third-order valence-electron chi connectivity index (χ3n) is 4.56. The van der Waals surface area contributed by atoms with Crippen LogP contribution in [0, 0.1) is 0 Å². The third-order valence-corrected chi connectivity index (χ3v) is 4.56. The van der Waals surface area contributed by atoms with Gasteiger partial charge in [0.1, 0.15) is 5.76 Å². The van der Waals surface area contributed by atoms with Gasteiger partial charge in [0.25, 0.3) is 0 Å². The van der Waals surface area contributed by atoms with Gasteiger partial charge in [0, 0.05) is 19.6 Å². The second-order valence-corrected chi connectivity index (χ2v) is 6.03. The van der Waals surface area contributed by atoms with Gasteiger partial charge < -0.3 is 9.15 Å². The quantitative estimate of drug-likeness (QED) is 0.855. The standard InChI is InChI=1S/C20H21NO2/c1-2-6-20-17(15-18-4-3-11-23-18)14-16(19(20)5-1)7-8-21-9-12-22-13-10-21/h1-6,11,14-15H,7-10,12-13H2. The molecule has 0 radical (unpaired) electrons. The van der Waals surface area contributed by atoms with Crippen molar-refractivity contribution in [1.29, 1.82) is 0 Å². The van der Waals surface area contributed by atoms with Crippen LogP contribution in [-0.4, -0.2) is 37.7 Å². The lowest BCUT2D eigenvalue weighted by Gasteiger charge is -2.26. The molecule has 1 aliphatic carbocycles. The molecule has 0 atom stereocenters. The number of furan rings is 1. The summed E-state index contributed by atoms with van der Waals surface area (Å²) in [6.45, 7) is 4.91. The first kappa shape index (κ1) is 14.5. The van der Waals surface area contributed by atoms with E-state index in [2.05, 4.69) is 41.3 Å². The maximum atomic E-state index is 5.47. The Kier molecular flexibility index (Phi) is 4.14. The first-order chi connectivity index (χ1) is 11.4. The summed E-state index contributed by atoms with van der Waals surface area (Å²) in [7, 11) is 0. The van der Waals surface area contributed by atoms with Crippen molar-refractivity contribution in [2.45, 2.75) is 6.42 Å². The van der Waals surface area contributed by atoms with Gasteiger partial charge in [0.15, 0.2) is 0 Å². The predicted molar refractivity (Wildman–Crippen MR) is 92.9 cm³/mol. The summed E-state index contributed by atoms with van der Waals surface area (Å²) in [5.74, 6) is 0.903. The zero-order valence-corrected chi connectivity index (χ0v) is 13.2. The molecule has 2 aromatic rings. The summed E-state index contributed by atoms with van der Waals surface area (Å²) < 4.78 is 10.9. The Balaban J connectivity index is 1.56. The molecular weight excluding hydrogens is 286 g/mol. The molecule has 2 heterocycles. The van der Waals surface area contributed by atoms with Crippen LogP contribution < -0.4 is 0 Å². The normalized spacial score (nSPS) is 19.8. The first-order valence-electron chi connectivity index (χ1n) is 8.26. The molecule has 1 aromatic carbocycles. The molecule has 1 saturated heterocycles. The molecule has 0 spiro atoms. The van der Waals surface area contributed by atoms with Crippen molar-refractivity contribution in [2.75, 3.05) is 32.8 Å². The lowest BCUT2D eigenvalue weighted by atomic mass is 10.0. The Bertz CT molecular complexity index is 722. The number of fused-ring (bicyclic) bond motifs is 1. The van der Waals surface area contributed by atoms with Crippen LogP contribution in [0.2, 0.25) is 0 Å². The van der Waals surface area contributed by atoms with Gasteiger partial charge in [-0.1, -0.05) is 30.3 Å². The number of hydrogen-bond donors (Lipinski definition) is 0. The van der Waals surface area contributed by atoms with E-state index in [1.165, 1.54) is 22.3 Å². The monoisotopic (exact) mass is 307 g/mol. The van der Waals surface area contributed by atoms with Crippen LogP contribution in [0.4, 0.5) is 0 Å². The first-order valence-corrected chi connectivity index (χ1v) is 8.26. The van der Waals surface area contributed by atoms with Gasteiger partial charge >= 0.3 is 0 Å². The molecule has 0 bridgehead atoms. The molecule has 1 aliphatic heterocycles. The van der Waals surface area contributed by atoms with Gasteiger partial charge in [-0.15, -0.1) is 0 Å². The molecule has 1 fully saturated rings. The van der Waals surface area contributed by atoms with E-state index < -0.39 is 0 Å². The van der Waals surface area contributed by atoms with Crippen molar-refractivity contribution >= 4 is 17.2 Å². The summed E-state index contributed by atoms with van der Waals surface area (Å²) in [4.78, 5) is 2.49. The highest BCUT2D eigenvalue weighted by Crippen LogP contribution is 2.38. The zero-order valence-electron chi connectivity index (χ0n) is 13.2. The number of nitrogens with zero attached hydrogens (tertiary/aromatic N) is 1. The maximum Gasteiger partial charge on any atom is 0.127 e. The van der Waals surface area contributed by atoms with Gasteiger partial charge in [0.05, 0.1) is 19.5 Å². The van der Waals surface area contributed by atoms with Crippen LogP contribution in [0.3, 0.4) is 0 Å². The molecule has 0 N–H and O–H groups in total. The number of ether oxygens (including phenoxy) is 1. The van der Waals surface area contributed by atoms with Gasteiger partial charge in [-0.3, -0.25) is 4.90 Å². The van der Waals surface area contributed by atoms with E-state index in [0.29, 0.717) is 0 Å². The minimum absolute atomic E-state index is 0.860. The van der Waals surface area contributed by atoms with E-state index in [4.69, 9.17) is 9.15 Å². The molecule has 0 saturated carbocycles. The van der Waals surface area contributed by atoms with E-state index >= 15 is 0 Å². The molecule has 3 heteroatoms. The second-order valence-electron chi connectivity index (χ2n) is 6.03. The third kappa shape index (κ3) is 3.16. The van der Waals surface area contributed by atoms with E-state index in [-0.39, 0.29) is 0 Å². The number of allylic oxidation sites excluding steroid dienone is 2.